The molecule has 7 nitrogen and oxygen atoms in total. The summed E-state index contributed by atoms with van der Waals surface area (Å²) in [5, 5.41) is 0.927. The van der Waals surface area contributed by atoms with E-state index in [4.69, 9.17) is 4.74 Å². The SMILES string of the molecule is COc1ccccc1N1CCN(CCn2c(=O)[nH]c3c(sc4ccccc43)c2=O)CC1. The summed E-state index contributed by atoms with van der Waals surface area (Å²) in [7, 11) is 1.69. The zero-order valence-corrected chi connectivity index (χ0v) is 18.2. The number of thiophene rings is 1. The molecule has 0 spiro atoms. The summed E-state index contributed by atoms with van der Waals surface area (Å²) in [4.78, 5) is 33.2. The molecule has 2 aromatic heterocycles. The average Bonchev–Trinajstić information content (AvgIpc) is 3.18. The van der Waals surface area contributed by atoms with E-state index in [9.17, 15) is 9.59 Å². The summed E-state index contributed by atoms with van der Waals surface area (Å²) in [5.74, 6) is 0.880. The molecule has 1 fully saturated rings. The van der Waals surface area contributed by atoms with E-state index in [2.05, 4.69) is 20.9 Å². The van der Waals surface area contributed by atoms with Crippen LogP contribution in [0.3, 0.4) is 0 Å². The summed E-state index contributed by atoms with van der Waals surface area (Å²) in [6.45, 7) is 4.54. The van der Waals surface area contributed by atoms with Crippen molar-refractivity contribution in [2.75, 3.05) is 44.7 Å². The Kier molecular flexibility index (Phi) is 5.25. The number of aromatic nitrogens is 2. The molecule has 160 valence electrons. The van der Waals surface area contributed by atoms with Crippen molar-refractivity contribution in [1.82, 2.24) is 14.5 Å². The van der Waals surface area contributed by atoms with Crippen molar-refractivity contribution < 1.29 is 4.74 Å². The first kappa shape index (κ1) is 19.8. The number of ether oxygens (including phenoxy) is 1. The summed E-state index contributed by atoms with van der Waals surface area (Å²) in [6, 6.07) is 15.8. The van der Waals surface area contributed by atoms with Crippen LogP contribution in [0.25, 0.3) is 20.3 Å². The Morgan fingerprint density at radius 2 is 1.71 bits per heavy atom. The monoisotopic (exact) mass is 436 g/mol. The summed E-state index contributed by atoms with van der Waals surface area (Å²) in [6.07, 6.45) is 0. The van der Waals surface area contributed by atoms with Crippen LogP contribution in [-0.4, -0.2) is 54.3 Å². The fourth-order valence-corrected chi connectivity index (χ4v) is 5.36. The fraction of sp³-hybridized carbons (Fsp3) is 0.304. The standard InChI is InChI=1S/C23H24N4O3S/c1-30-18-8-4-3-7-17(18)26-13-10-25(11-14-26)12-15-27-22(28)21-20(24-23(27)29)16-6-2-5-9-19(16)31-21/h2-9H,10-15H2,1H3,(H,24,29). The molecular weight excluding hydrogens is 412 g/mol. The Morgan fingerprint density at radius 3 is 2.52 bits per heavy atom. The number of hydrogen-bond donors (Lipinski definition) is 1. The van der Waals surface area contributed by atoms with Gasteiger partial charge in [-0.25, -0.2) is 4.79 Å². The van der Waals surface area contributed by atoms with Gasteiger partial charge in [-0.3, -0.25) is 14.3 Å². The van der Waals surface area contributed by atoms with E-state index in [0.29, 0.717) is 23.3 Å². The van der Waals surface area contributed by atoms with E-state index < -0.39 is 0 Å². The highest BCUT2D eigenvalue weighted by Gasteiger charge is 2.20. The smallest absolute Gasteiger partial charge is 0.328 e. The van der Waals surface area contributed by atoms with Gasteiger partial charge in [-0.15, -0.1) is 11.3 Å². The van der Waals surface area contributed by atoms with Crippen LogP contribution >= 0.6 is 11.3 Å². The number of aromatic amines is 1. The van der Waals surface area contributed by atoms with E-state index in [1.807, 2.05) is 42.5 Å². The van der Waals surface area contributed by atoms with E-state index in [1.165, 1.54) is 15.9 Å². The maximum atomic E-state index is 13.0. The van der Waals surface area contributed by atoms with Crippen molar-refractivity contribution in [3.63, 3.8) is 0 Å². The lowest BCUT2D eigenvalue weighted by Crippen LogP contribution is -2.48. The predicted octanol–water partition coefficient (Wildman–Crippen LogP) is 2.74. The topological polar surface area (TPSA) is 70.6 Å². The Hall–Kier alpha value is -3.10. The van der Waals surface area contributed by atoms with Gasteiger partial charge in [0.25, 0.3) is 5.56 Å². The number of anilines is 1. The van der Waals surface area contributed by atoms with Crippen LogP contribution in [0.5, 0.6) is 5.75 Å². The molecule has 0 bridgehead atoms. The molecule has 0 aliphatic carbocycles. The fourth-order valence-electron chi connectivity index (χ4n) is 4.26. The number of methoxy groups -OCH3 is 1. The Labute approximate surface area is 183 Å². The molecule has 1 aliphatic heterocycles. The van der Waals surface area contributed by atoms with Crippen molar-refractivity contribution in [2.45, 2.75) is 6.54 Å². The van der Waals surface area contributed by atoms with Gasteiger partial charge in [0.1, 0.15) is 10.4 Å². The molecule has 1 aliphatic rings. The predicted molar refractivity (Wildman–Crippen MR) is 126 cm³/mol. The highest BCUT2D eigenvalue weighted by atomic mass is 32.1. The number of hydrogen-bond acceptors (Lipinski definition) is 6. The lowest BCUT2D eigenvalue weighted by atomic mass is 10.2. The quantitative estimate of drug-likeness (QED) is 0.521. The first-order valence-electron chi connectivity index (χ1n) is 10.4. The number of para-hydroxylation sites is 2. The number of nitrogens with zero attached hydrogens (tertiary/aromatic N) is 3. The lowest BCUT2D eigenvalue weighted by Gasteiger charge is -2.36. The minimum atomic E-state index is -0.339. The van der Waals surface area contributed by atoms with Crippen molar-refractivity contribution in [1.29, 1.82) is 0 Å². The Balaban J connectivity index is 1.30. The number of benzene rings is 2. The van der Waals surface area contributed by atoms with Crippen molar-refractivity contribution in [3.8, 4) is 5.75 Å². The minimum Gasteiger partial charge on any atom is -0.495 e. The second-order valence-corrected chi connectivity index (χ2v) is 8.74. The van der Waals surface area contributed by atoms with Crippen LogP contribution in [0.4, 0.5) is 5.69 Å². The molecule has 1 N–H and O–H groups in total. The highest BCUT2D eigenvalue weighted by Crippen LogP contribution is 2.29. The molecule has 4 aromatic rings. The molecule has 0 saturated carbocycles. The normalized spacial score (nSPS) is 15.1. The maximum absolute atomic E-state index is 13.0. The molecule has 2 aromatic carbocycles. The molecule has 8 heteroatoms. The molecule has 1 saturated heterocycles. The summed E-state index contributed by atoms with van der Waals surface area (Å²) >= 11 is 1.44. The van der Waals surface area contributed by atoms with Gasteiger partial charge in [-0.1, -0.05) is 30.3 Å². The van der Waals surface area contributed by atoms with Crippen LogP contribution in [0.15, 0.2) is 58.1 Å². The third-order valence-electron chi connectivity index (χ3n) is 5.95. The summed E-state index contributed by atoms with van der Waals surface area (Å²) in [5.41, 5.74) is 1.21. The maximum Gasteiger partial charge on any atom is 0.328 e. The van der Waals surface area contributed by atoms with Gasteiger partial charge in [0.15, 0.2) is 0 Å². The zero-order valence-electron chi connectivity index (χ0n) is 17.3. The number of rotatable bonds is 5. The minimum absolute atomic E-state index is 0.201. The van der Waals surface area contributed by atoms with E-state index in [1.54, 1.807) is 7.11 Å². The summed E-state index contributed by atoms with van der Waals surface area (Å²) < 4.78 is 8.44. The third kappa shape index (κ3) is 3.62. The van der Waals surface area contributed by atoms with Crippen LogP contribution < -0.4 is 20.9 Å². The second-order valence-electron chi connectivity index (χ2n) is 7.69. The molecule has 0 amide bonds. The van der Waals surface area contributed by atoms with Crippen molar-refractivity contribution >= 4 is 37.3 Å². The average molecular weight is 437 g/mol. The van der Waals surface area contributed by atoms with Crippen LogP contribution in [0.2, 0.25) is 0 Å². The third-order valence-corrected chi connectivity index (χ3v) is 7.11. The number of fused-ring (bicyclic) bond motifs is 3. The largest absolute Gasteiger partial charge is 0.495 e. The number of H-pyrrole nitrogens is 1. The van der Waals surface area contributed by atoms with Gasteiger partial charge < -0.3 is 14.6 Å². The molecular formula is C23H24N4O3S. The van der Waals surface area contributed by atoms with Gasteiger partial charge in [0.2, 0.25) is 0 Å². The van der Waals surface area contributed by atoms with Gasteiger partial charge in [0, 0.05) is 49.4 Å². The number of nitrogens with one attached hydrogen (secondary N) is 1. The Morgan fingerprint density at radius 1 is 0.968 bits per heavy atom. The van der Waals surface area contributed by atoms with Crippen molar-refractivity contribution in [2.24, 2.45) is 0 Å². The van der Waals surface area contributed by atoms with Crippen LogP contribution in [0, 0.1) is 0 Å². The molecule has 5 rings (SSSR count). The molecule has 31 heavy (non-hydrogen) atoms. The van der Waals surface area contributed by atoms with Gasteiger partial charge in [-0.2, -0.15) is 0 Å². The number of piperazine rings is 1. The first-order valence-corrected chi connectivity index (χ1v) is 11.2. The highest BCUT2D eigenvalue weighted by molar-refractivity contribution is 7.25. The first-order chi connectivity index (χ1) is 15.2. The molecule has 0 radical (unpaired) electrons. The zero-order chi connectivity index (χ0) is 21.4. The van der Waals surface area contributed by atoms with Crippen LogP contribution in [-0.2, 0) is 6.54 Å². The van der Waals surface area contributed by atoms with E-state index in [-0.39, 0.29) is 11.2 Å². The van der Waals surface area contributed by atoms with Gasteiger partial charge in [0.05, 0.1) is 18.3 Å². The second kappa shape index (κ2) is 8.20. The lowest BCUT2D eigenvalue weighted by molar-refractivity contribution is 0.245. The van der Waals surface area contributed by atoms with E-state index in [0.717, 1.165) is 47.7 Å². The van der Waals surface area contributed by atoms with Gasteiger partial charge in [-0.05, 0) is 18.2 Å². The van der Waals surface area contributed by atoms with Crippen molar-refractivity contribution in [3.05, 3.63) is 69.4 Å². The van der Waals surface area contributed by atoms with E-state index >= 15 is 0 Å². The van der Waals surface area contributed by atoms with Gasteiger partial charge >= 0.3 is 5.69 Å². The molecule has 0 unspecified atom stereocenters. The van der Waals surface area contributed by atoms with Crippen LogP contribution in [0.1, 0.15) is 0 Å². The molecule has 3 heterocycles. The molecule has 0 atom stereocenters. The Bertz CT molecular complexity index is 1350.